The first-order valence-corrected chi connectivity index (χ1v) is 9.06. The molecule has 1 saturated heterocycles. The molecule has 0 bridgehead atoms. The minimum Gasteiger partial charge on any atom is -0.368 e. The Kier molecular flexibility index (Phi) is 4.56. The van der Waals surface area contributed by atoms with Gasteiger partial charge in [-0.1, -0.05) is 18.2 Å². The van der Waals surface area contributed by atoms with Crippen LogP contribution in [0.3, 0.4) is 0 Å². The molecule has 1 aliphatic carbocycles. The molecule has 0 spiro atoms. The standard InChI is InChI=1S/C20H22N4O2/c25-19(22-17-6-7-17)15-12-16(14-21-13-15)20(26)24-10-8-23(9-11-24)18-4-2-1-3-5-18/h1-5,12-14,17H,6-11H2,(H,22,25). The molecular weight excluding hydrogens is 328 g/mol. The highest BCUT2D eigenvalue weighted by Gasteiger charge is 2.26. The summed E-state index contributed by atoms with van der Waals surface area (Å²) < 4.78 is 0. The molecule has 2 heterocycles. The Morgan fingerprint density at radius 3 is 2.35 bits per heavy atom. The van der Waals surface area contributed by atoms with E-state index in [1.54, 1.807) is 12.3 Å². The summed E-state index contributed by atoms with van der Waals surface area (Å²) in [4.78, 5) is 33.2. The van der Waals surface area contributed by atoms with Crippen LogP contribution in [0, 0.1) is 0 Å². The largest absolute Gasteiger partial charge is 0.368 e. The minimum atomic E-state index is -0.149. The van der Waals surface area contributed by atoms with Crippen LogP contribution < -0.4 is 10.2 Å². The number of nitrogens with zero attached hydrogens (tertiary/aromatic N) is 3. The molecule has 2 fully saturated rings. The lowest BCUT2D eigenvalue weighted by Crippen LogP contribution is -2.48. The molecule has 6 heteroatoms. The van der Waals surface area contributed by atoms with Crippen molar-refractivity contribution in [3.8, 4) is 0 Å². The third kappa shape index (κ3) is 3.69. The fourth-order valence-electron chi connectivity index (χ4n) is 3.17. The lowest BCUT2D eigenvalue weighted by Gasteiger charge is -2.36. The molecule has 4 rings (SSSR count). The van der Waals surface area contributed by atoms with Gasteiger partial charge in [0.1, 0.15) is 0 Å². The Hall–Kier alpha value is -2.89. The number of piperazine rings is 1. The third-order valence-corrected chi connectivity index (χ3v) is 4.85. The predicted molar refractivity (Wildman–Crippen MR) is 99.3 cm³/mol. The molecular formula is C20H22N4O2. The number of hydrogen-bond acceptors (Lipinski definition) is 4. The normalized spacial score (nSPS) is 17.1. The van der Waals surface area contributed by atoms with Crippen LogP contribution in [0.2, 0.25) is 0 Å². The van der Waals surface area contributed by atoms with E-state index < -0.39 is 0 Å². The highest BCUT2D eigenvalue weighted by Crippen LogP contribution is 2.20. The van der Waals surface area contributed by atoms with Crippen molar-refractivity contribution in [2.45, 2.75) is 18.9 Å². The zero-order valence-electron chi connectivity index (χ0n) is 14.6. The van der Waals surface area contributed by atoms with Crippen molar-refractivity contribution < 1.29 is 9.59 Å². The first-order chi connectivity index (χ1) is 12.7. The number of anilines is 1. The maximum atomic E-state index is 12.8. The van der Waals surface area contributed by atoms with Gasteiger partial charge in [0.05, 0.1) is 11.1 Å². The second-order valence-electron chi connectivity index (χ2n) is 6.82. The van der Waals surface area contributed by atoms with Gasteiger partial charge in [0.2, 0.25) is 0 Å². The second-order valence-corrected chi connectivity index (χ2v) is 6.82. The molecule has 1 N–H and O–H groups in total. The molecule has 1 saturated carbocycles. The smallest absolute Gasteiger partial charge is 0.255 e. The summed E-state index contributed by atoms with van der Waals surface area (Å²) >= 11 is 0. The van der Waals surface area contributed by atoms with Gasteiger partial charge in [-0.2, -0.15) is 0 Å². The third-order valence-electron chi connectivity index (χ3n) is 4.85. The van der Waals surface area contributed by atoms with Crippen molar-refractivity contribution in [2.75, 3.05) is 31.1 Å². The SMILES string of the molecule is O=C(NC1CC1)c1cncc(C(=O)N2CCN(c3ccccc3)CC2)c1. The van der Waals surface area contributed by atoms with Gasteiger partial charge in [-0.15, -0.1) is 0 Å². The Labute approximate surface area is 152 Å². The molecule has 2 amide bonds. The monoisotopic (exact) mass is 350 g/mol. The number of nitrogens with one attached hydrogen (secondary N) is 1. The Bertz CT molecular complexity index is 796. The fraction of sp³-hybridized carbons (Fsp3) is 0.350. The Morgan fingerprint density at radius 1 is 0.962 bits per heavy atom. The molecule has 1 aliphatic heterocycles. The van der Waals surface area contributed by atoms with Gasteiger partial charge >= 0.3 is 0 Å². The number of benzene rings is 1. The van der Waals surface area contributed by atoms with Gasteiger partial charge in [0.25, 0.3) is 11.8 Å². The van der Waals surface area contributed by atoms with Crippen molar-refractivity contribution in [3.63, 3.8) is 0 Å². The number of pyridine rings is 1. The molecule has 2 aromatic rings. The van der Waals surface area contributed by atoms with Gasteiger partial charge in [0, 0.05) is 50.3 Å². The van der Waals surface area contributed by atoms with E-state index in [9.17, 15) is 9.59 Å². The Balaban J connectivity index is 1.39. The summed E-state index contributed by atoms with van der Waals surface area (Å²) in [6.07, 6.45) is 5.12. The fourth-order valence-corrected chi connectivity index (χ4v) is 3.17. The van der Waals surface area contributed by atoms with Crippen LogP contribution in [0.15, 0.2) is 48.8 Å². The van der Waals surface area contributed by atoms with E-state index in [-0.39, 0.29) is 17.9 Å². The molecule has 6 nitrogen and oxygen atoms in total. The van der Waals surface area contributed by atoms with Gasteiger partial charge in [0.15, 0.2) is 0 Å². The van der Waals surface area contributed by atoms with Crippen LogP contribution in [0.4, 0.5) is 5.69 Å². The molecule has 0 radical (unpaired) electrons. The van der Waals surface area contributed by atoms with Crippen LogP contribution >= 0.6 is 0 Å². The number of hydrogen-bond donors (Lipinski definition) is 1. The summed E-state index contributed by atoms with van der Waals surface area (Å²) in [6.45, 7) is 2.91. The molecule has 0 atom stereocenters. The number of amides is 2. The zero-order valence-corrected chi connectivity index (χ0v) is 14.6. The average molecular weight is 350 g/mol. The summed E-state index contributed by atoms with van der Waals surface area (Å²) in [6, 6.07) is 12.2. The van der Waals surface area contributed by atoms with E-state index in [0.29, 0.717) is 24.2 Å². The molecule has 0 unspecified atom stereocenters. The van der Waals surface area contributed by atoms with E-state index in [2.05, 4.69) is 27.3 Å². The minimum absolute atomic E-state index is 0.0636. The molecule has 134 valence electrons. The Morgan fingerprint density at radius 2 is 1.65 bits per heavy atom. The van der Waals surface area contributed by atoms with Crippen molar-refractivity contribution in [1.82, 2.24) is 15.2 Å². The van der Waals surface area contributed by atoms with Crippen molar-refractivity contribution in [3.05, 3.63) is 59.9 Å². The van der Waals surface area contributed by atoms with Crippen LogP contribution in [0.5, 0.6) is 0 Å². The van der Waals surface area contributed by atoms with Gasteiger partial charge in [-0.05, 0) is 31.0 Å². The maximum Gasteiger partial charge on any atom is 0.255 e. The van der Waals surface area contributed by atoms with Gasteiger partial charge < -0.3 is 15.1 Å². The summed E-state index contributed by atoms with van der Waals surface area (Å²) in [5, 5.41) is 2.93. The van der Waals surface area contributed by atoms with Crippen molar-refractivity contribution in [1.29, 1.82) is 0 Å². The number of aromatic nitrogens is 1. The summed E-state index contributed by atoms with van der Waals surface area (Å²) in [5.41, 5.74) is 2.10. The number of carbonyl (C=O) groups is 2. The first kappa shape index (κ1) is 16.6. The molecule has 1 aromatic heterocycles. The zero-order chi connectivity index (χ0) is 17.9. The van der Waals surface area contributed by atoms with E-state index >= 15 is 0 Å². The van der Waals surface area contributed by atoms with E-state index in [4.69, 9.17) is 0 Å². The summed E-state index contributed by atoms with van der Waals surface area (Å²) in [5.74, 6) is -0.213. The number of carbonyl (C=O) groups excluding carboxylic acids is 2. The van der Waals surface area contributed by atoms with Crippen molar-refractivity contribution in [2.24, 2.45) is 0 Å². The predicted octanol–water partition coefficient (Wildman–Crippen LogP) is 1.94. The van der Waals surface area contributed by atoms with Crippen LogP contribution in [0.1, 0.15) is 33.6 Å². The average Bonchev–Trinajstić information content (AvgIpc) is 3.52. The summed E-state index contributed by atoms with van der Waals surface area (Å²) in [7, 11) is 0. The van der Waals surface area contributed by atoms with E-state index in [1.807, 2.05) is 23.1 Å². The quantitative estimate of drug-likeness (QED) is 0.915. The lowest BCUT2D eigenvalue weighted by atomic mass is 10.1. The highest BCUT2D eigenvalue weighted by molar-refractivity contribution is 5.99. The molecule has 1 aromatic carbocycles. The topological polar surface area (TPSA) is 65.5 Å². The van der Waals surface area contributed by atoms with Crippen LogP contribution in [0.25, 0.3) is 0 Å². The molecule has 26 heavy (non-hydrogen) atoms. The van der Waals surface area contributed by atoms with E-state index in [1.165, 1.54) is 11.9 Å². The number of para-hydroxylation sites is 1. The van der Waals surface area contributed by atoms with Gasteiger partial charge in [-0.25, -0.2) is 0 Å². The van der Waals surface area contributed by atoms with Gasteiger partial charge in [-0.3, -0.25) is 14.6 Å². The maximum absolute atomic E-state index is 12.8. The van der Waals surface area contributed by atoms with Crippen LogP contribution in [-0.4, -0.2) is 53.9 Å². The second kappa shape index (κ2) is 7.15. The highest BCUT2D eigenvalue weighted by atomic mass is 16.2. The number of rotatable bonds is 4. The molecule has 2 aliphatic rings. The lowest BCUT2D eigenvalue weighted by molar-refractivity contribution is 0.0746. The van der Waals surface area contributed by atoms with Crippen molar-refractivity contribution >= 4 is 17.5 Å². The van der Waals surface area contributed by atoms with Crippen LogP contribution in [-0.2, 0) is 0 Å². The first-order valence-electron chi connectivity index (χ1n) is 9.06. The van der Waals surface area contributed by atoms with E-state index in [0.717, 1.165) is 25.9 Å².